The zero-order valence-electron chi connectivity index (χ0n) is 61.4. The summed E-state index contributed by atoms with van der Waals surface area (Å²) in [5, 5.41) is 3.04. The predicted molar refractivity (Wildman–Crippen MR) is 428 cm³/mol. The second-order valence-electron chi connectivity index (χ2n) is 27.4. The fourth-order valence-electron chi connectivity index (χ4n) is 14.4. The number of halogens is 1. The Labute approximate surface area is 644 Å². The topological polar surface area (TPSA) is 260 Å². The maximum atomic E-state index is 13.8. The minimum absolute atomic E-state index is 0.0884. The van der Waals surface area contributed by atoms with Crippen LogP contribution in [0.4, 0.5) is 34.1 Å². The molecule has 0 aromatic heterocycles. The Balaban J connectivity index is 0.000000175. The van der Waals surface area contributed by atoms with Crippen LogP contribution in [0.3, 0.4) is 0 Å². The lowest BCUT2D eigenvalue weighted by Gasteiger charge is -2.19. The standard InChI is InChI=1S/C44H40BrN5O7.C42H39N5O6/c1-26-15-35-37(46-22-32-17-30(25-49(32)43(35)52)28-7-11-34(54-2)12-8-28)19-39(26)56-13-4-14-57-41-20-38-36(18-40(41)55-3)44(53)50-24-29(16-33(50)23-47-38)27-5-9-31(10-6-27)48-42(51)21-45;1-25-15-34-36(44-21-31-17-29(24-46(31)41(34)48)27-7-11-33(50-2)12-8-27)19-38(25)52-13-4-14-53-40-20-37-35(18-39(40)51-3)42(49)47-23-28(16-32(47)22-45-37)26-5-9-30(43)10-6-26/h5-12,15,18-20,22-25,32-33H,4,13-14,16-17,21H2,1-3H3,(H,48,51);5-12,15,18-24,31-32H,4,13-14,16-17,43H2,1-3H3/t32-,33-;31-,32-/m00/s1. The highest BCUT2D eigenvalue weighted by molar-refractivity contribution is 9.09. The molecule has 0 unspecified atom stereocenters. The van der Waals surface area contributed by atoms with Crippen molar-refractivity contribution in [2.75, 3.05) is 71.2 Å². The molecule has 16 rings (SSSR count). The molecule has 0 saturated carbocycles. The number of aryl methyl sites for hydroxylation is 2. The highest BCUT2D eigenvalue weighted by Crippen LogP contribution is 2.45. The molecule has 24 heteroatoms. The summed E-state index contributed by atoms with van der Waals surface area (Å²) >= 11 is 3.16. The van der Waals surface area contributed by atoms with Crippen molar-refractivity contribution >= 4 is 127 Å². The summed E-state index contributed by atoms with van der Waals surface area (Å²) in [6.07, 6.45) is 18.6. The van der Waals surface area contributed by atoms with Crippen LogP contribution in [0.2, 0.25) is 0 Å². The summed E-state index contributed by atoms with van der Waals surface area (Å²) < 4.78 is 46.4. The van der Waals surface area contributed by atoms with E-state index in [0.717, 1.165) is 67.2 Å². The van der Waals surface area contributed by atoms with Crippen LogP contribution < -0.4 is 48.9 Å². The SMILES string of the molecule is COc1ccc(C2=CN3C(=O)c4cc(C)c(OCCCOc5cc6c(cc5OC)C(=O)N5C=C(c7ccc(N)cc7)C[C@H]5C=N6)cc4N=C[C@@H]3C2)cc1.COc1ccc(C2=CN3C(=O)c4cc(C)c(OCCCOc5cc6c(cc5OC)C(=O)N5C=C(c7ccc(NC(=O)CBr)cc7)C[C@H]5C=N6)cc4N=C[C@@H]3C2)cc1. The maximum Gasteiger partial charge on any atom is 0.260 e. The van der Waals surface area contributed by atoms with Crippen LogP contribution in [0, 0.1) is 13.8 Å². The molecular formula is C86H79BrN10O13. The Kier molecular flexibility index (Phi) is 21.0. The summed E-state index contributed by atoms with van der Waals surface area (Å²) in [7, 11) is 6.37. The van der Waals surface area contributed by atoms with Crippen LogP contribution in [0.5, 0.6) is 46.0 Å². The molecule has 8 aliphatic heterocycles. The van der Waals surface area contributed by atoms with Crippen molar-refractivity contribution in [1.29, 1.82) is 0 Å². The van der Waals surface area contributed by atoms with Gasteiger partial charge < -0.3 is 68.5 Å². The normalized spacial score (nSPS) is 18.0. The number of carbonyl (C=O) groups is 5. The first-order valence-corrected chi connectivity index (χ1v) is 37.3. The Morgan fingerprint density at radius 1 is 0.409 bits per heavy atom. The molecule has 4 atom stereocenters. The second-order valence-corrected chi connectivity index (χ2v) is 28.0. The summed E-state index contributed by atoms with van der Waals surface area (Å²) in [5.74, 6) is 4.10. The van der Waals surface area contributed by atoms with Crippen molar-refractivity contribution < 1.29 is 61.9 Å². The van der Waals surface area contributed by atoms with E-state index in [0.29, 0.717) is 156 Å². The van der Waals surface area contributed by atoms with Crippen molar-refractivity contribution in [2.24, 2.45) is 20.0 Å². The summed E-state index contributed by atoms with van der Waals surface area (Å²) in [4.78, 5) is 92.4. The van der Waals surface area contributed by atoms with Gasteiger partial charge in [-0.15, -0.1) is 0 Å². The maximum absolute atomic E-state index is 13.8. The first-order chi connectivity index (χ1) is 53.5. The van der Waals surface area contributed by atoms with Crippen LogP contribution in [0.1, 0.15) is 113 Å². The third kappa shape index (κ3) is 15.1. The number of fused-ring (bicyclic) bond motifs is 8. The van der Waals surface area contributed by atoms with Gasteiger partial charge in [-0.1, -0.05) is 64.5 Å². The van der Waals surface area contributed by atoms with Crippen molar-refractivity contribution in [1.82, 2.24) is 19.6 Å². The first kappa shape index (κ1) is 73.0. The largest absolute Gasteiger partial charge is 0.497 e. The van der Waals surface area contributed by atoms with Gasteiger partial charge in [-0.3, -0.25) is 43.9 Å². The molecule has 8 aliphatic rings. The number of hydrogen-bond acceptors (Lipinski definition) is 18. The fourth-order valence-corrected chi connectivity index (χ4v) is 14.6. The van der Waals surface area contributed by atoms with Gasteiger partial charge in [0, 0.05) is 124 Å². The van der Waals surface area contributed by atoms with Crippen LogP contribution in [0.25, 0.3) is 22.3 Å². The Morgan fingerprint density at radius 3 is 1.03 bits per heavy atom. The average Bonchev–Trinajstić information content (AvgIpc) is 1.63. The number of nitrogen functional groups attached to an aromatic ring is 1. The molecule has 8 aromatic carbocycles. The molecule has 0 fully saturated rings. The van der Waals surface area contributed by atoms with Crippen molar-refractivity contribution in [3.63, 3.8) is 0 Å². The number of nitrogens with one attached hydrogen (secondary N) is 1. The van der Waals surface area contributed by atoms with E-state index < -0.39 is 0 Å². The third-order valence-corrected chi connectivity index (χ3v) is 20.9. The highest BCUT2D eigenvalue weighted by atomic mass is 79.9. The van der Waals surface area contributed by atoms with Gasteiger partial charge in [0.25, 0.3) is 23.6 Å². The summed E-state index contributed by atoms with van der Waals surface area (Å²) in [6, 6.07) is 44.4. The van der Waals surface area contributed by atoms with E-state index >= 15 is 0 Å². The molecule has 0 spiro atoms. The Morgan fingerprint density at radius 2 is 0.709 bits per heavy atom. The average molecular weight is 1540 g/mol. The minimum Gasteiger partial charge on any atom is -0.497 e. The van der Waals surface area contributed by atoms with Crippen LogP contribution in [-0.2, 0) is 4.79 Å². The van der Waals surface area contributed by atoms with Crippen molar-refractivity contribution in [3.05, 3.63) is 226 Å². The van der Waals surface area contributed by atoms with Crippen molar-refractivity contribution in [3.8, 4) is 46.0 Å². The zero-order valence-corrected chi connectivity index (χ0v) is 63.0. The number of rotatable bonds is 22. The summed E-state index contributed by atoms with van der Waals surface area (Å²) in [6.45, 7) is 5.26. The number of nitrogens with two attached hydrogens (primary N) is 1. The second kappa shape index (κ2) is 31.7. The number of anilines is 2. The summed E-state index contributed by atoms with van der Waals surface area (Å²) in [5.41, 5.74) is 21.4. The molecule has 558 valence electrons. The van der Waals surface area contributed by atoms with Gasteiger partial charge in [0.05, 0.1) is 129 Å². The van der Waals surface area contributed by atoms with E-state index in [-0.39, 0.29) is 59.0 Å². The lowest BCUT2D eigenvalue weighted by atomic mass is 10.0. The van der Waals surface area contributed by atoms with Gasteiger partial charge in [-0.25, -0.2) is 0 Å². The molecule has 110 heavy (non-hydrogen) atoms. The number of alkyl halides is 1. The number of methoxy groups -OCH3 is 4. The van der Waals surface area contributed by atoms with E-state index in [1.54, 1.807) is 71.4 Å². The molecule has 0 radical (unpaired) electrons. The first-order valence-electron chi connectivity index (χ1n) is 36.2. The molecule has 0 aliphatic carbocycles. The van der Waals surface area contributed by atoms with Gasteiger partial charge in [0.2, 0.25) is 5.91 Å². The molecule has 0 saturated heterocycles. The van der Waals surface area contributed by atoms with Crippen LogP contribution in [-0.4, -0.2) is 158 Å². The number of aliphatic imine (C=N–C) groups is 4. The van der Waals surface area contributed by atoms with Gasteiger partial charge in [0.1, 0.15) is 23.0 Å². The van der Waals surface area contributed by atoms with Gasteiger partial charge >= 0.3 is 0 Å². The highest BCUT2D eigenvalue weighted by Gasteiger charge is 2.38. The number of hydrogen-bond donors (Lipinski definition) is 2. The molecule has 23 nitrogen and oxygen atoms in total. The van der Waals surface area contributed by atoms with Gasteiger partial charge in [-0.05, 0) is 142 Å². The number of nitrogens with zero attached hydrogens (tertiary/aromatic N) is 8. The molecule has 3 N–H and O–H groups in total. The monoisotopic (exact) mass is 1540 g/mol. The molecule has 0 bridgehead atoms. The molecule has 8 heterocycles. The van der Waals surface area contributed by atoms with Crippen molar-refractivity contribution in [2.45, 2.75) is 76.5 Å². The van der Waals surface area contributed by atoms with Gasteiger partial charge in [-0.2, -0.15) is 0 Å². The molecule has 5 amide bonds. The lowest BCUT2D eigenvalue weighted by Crippen LogP contribution is -2.32. The Bertz CT molecular complexity index is 5240. The van der Waals surface area contributed by atoms with E-state index in [2.05, 4.69) is 21.2 Å². The number of amides is 5. The van der Waals surface area contributed by atoms with Crippen LogP contribution >= 0.6 is 15.9 Å². The number of carbonyl (C=O) groups excluding carboxylic acids is 5. The predicted octanol–water partition coefficient (Wildman–Crippen LogP) is 15.5. The fraction of sp³-hybridized carbons (Fsp3) is 0.244. The number of benzene rings is 8. The smallest absolute Gasteiger partial charge is 0.260 e. The van der Waals surface area contributed by atoms with E-state index in [4.69, 9.17) is 63.6 Å². The van der Waals surface area contributed by atoms with Gasteiger partial charge in [0.15, 0.2) is 23.0 Å². The lowest BCUT2D eigenvalue weighted by molar-refractivity contribution is -0.113. The zero-order chi connectivity index (χ0) is 76.3. The number of ether oxygens (including phenoxy) is 8. The molecule has 8 aromatic rings. The van der Waals surface area contributed by atoms with E-state index in [1.165, 1.54) is 7.11 Å². The minimum atomic E-state index is -0.243. The van der Waals surface area contributed by atoms with E-state index in [1.807, 2.05) is 179 Å². The third-order valence-electron chi connectivity index (χ3n) is 20.3. The Hall–Kier alpha value is -12.6. The van der Waals surface area contributed by atoms with E-state index in [9.17, 15) is 24.0 Å². The molecular weight excluding hydrogens is 1460 g/mol. The van der Waals surface area contributed by atoms with Crippen LogP contribution in [0.15, 0.2) is 190 Å². The quantitative estimate of drug-likeness (QED) is 0.0363.